The molecule has 0 saturated carbocycles. The van der Waals surface area contributed by atoms with Crippen LogP contribution in [-0.2, 0) is 0 Å². The summed E-state index contributed by atoms with van der Waals surface area (Å²) in [5.74, 6) is 0. The minimum absolute atomic E-state index is 0. The van der Waals surface area contributed by atoms with Crippen molar-refractivity contribution in [3.63, 3.8) is 0 Å². The summed E-state index contributed by atoms with van der Waals surface area (Å²) < 4.78 is 0. The van der Waals surface area contributed by atoms with Crippen molar-refractivity contribution in [1.29, 1.82) is 0 Å². The molecule has 0 bridgehead atoms. The lowest BCUT2D eigenvalue weighted by atomic mass is 11.0. The highest BCUT2D eigenvalue weighted by Crippen LogP contribution is 1.15. The fraction of sp³-hybridized carbons (Fsp3) is 1.00. The van der Waals surface area contributed by atoms with Crippen LogP contribution in [0.15, 0.2) is 0 Å². The minimum Gasteiger partial charge on any atom is -1.00 e. The predicted octanol–water partition coefficient (Wildman–Crippen LogP) is -0.944. The van der Waals surface area contributed by atoms with Crippen LogP contribution in [0.25, 0.3) is 0 Å². The van der Waals surface area contributed by atoms with E-state index in [1.807, 2.05) is 27.7 Å². The van der Waals surface area contributed by atoms with Crippen molar-refractivity contribution < 1.29 is 4.70 Å². The second-order valence-corrected chi connectivity index (χ2v) is 0. The lowest BCUT2D eigenvalue weighted by molar-refractivity contribution is -0.00000114. The third-order valence-corrected chi connectivity index (χ3v) is 0. The Morgan fingerprint density at radius 2 is 0.600 bits per heavy atom. The molecule has 0 aliphatic rings. The first-order valence-electron chi connectivity index (χ1n) is 2.00. The molecule has 0 radical (unpaired) electrons. The number of hydrogen-bond donors (Lipinski definition) is 0. The van der Waals surface area contributed by atoms with Crippen molar-refractivity contribution in [1.82, 2.24) is 0 Å². The fourth-order valence-electron chi connectivity index (χ4n) is 0. The maximum absolute atomic E-state index is 2.00. The van der Waals surface area contributed by atoms with Gasteiger partial charge in [0.1, 0.15) is 0 Å². The van der Waals surface area contributed by atoms with Crippen LogP contribution in [0.4, 0.5) is 0 Å². The molecule has 0 rings (SSSR count). The SMILES string of the molecule is CC.CC.[18F-]. The smallest absolute Gasteiger partial charge is 0.0683 e. The zero-order valence-corrected chi connectivity index (χ0v) is 4.38. The monoisotopic (exact) mass is 78.1 g/mol. The van der Waals surface area contributed by atoms with Gasteiger partial charge in [0, 0.05) is 0 Å². The molecule has 1 heteroatoms. The van der Waals surface area contributed by atoms with E-state index in [0.29, 0.717) is 0 Å². The van der Waals surface area contributed by atoms with E-state index in [4.69, 9.17) is 0 Å². The largest absolute Gasteiger partial charge is 1.00 e. The van der Waals surface area contributed by atoms with E-state index in [1.165, 1.54) is 0 Å². The van der Waals surface area contributed by atoms with E-state index in [-0.39, 0.29) is 4.70 Å². The highest BCUT2D eigenvalue weighted by Gasteiger charge is 0.934. The van der Waals surface area contributed by atoms with Crippen molar-refractivity contribution in [2.24, 2.45) is 0 Å². The highest BCUT2D eigenvalue weighted by molar-refractivity contribution is 3.51. The normalized spacial score (nSPS) is 2.40. The third kappa shape index (κ3) is 2990. The van der Waals surface area contributed by atoms with Gasteiger partial charge in [0.2, 0.25) is 0 Å². The minimum atomic E-state index is 0. The topological polar surface area (TPSA) is 0 Å². The molecular formula is C4H12F-. The van der Waals surface area contributed by atoms with Crippen LogP contribution in [-0.4, -0.2) is 0 Å². The summed E-state index contributed by atoms with van der Waals surface area (Å²) in [4.78, 5) is 0. The van der Waals surface area contributed by atoms with Crippen molar-refractivity contribution in [3.8, 4) is 0 Å². The summed E-state index contributed by atoms with van der Waals surface area (Å²) in [6, 6.07) is 0. The molecule has 0 aromatic rings. The van der Waals surface area contributed by atoms with Crippen molar-refractivity contribution in [2.75, 3.05) is 0 Å². The second-order valence-electron chi connectivity index (χ2n) is 0. The standard InChI is InChI=1S/2C2H6.FH/c2*1-2;/h2*1-2H3;1H/p-1/i;;1-1. The van der Waals surface area contributed by atoms with Crippen LogP contribution < -0.4 is 4.70 Å². The molecule has 0 fully saturated rings. The maximum Gasteiger partial charge on any atom is -0.0683 e. The molecule has 36 valence electrons. The average molecular weight is 78.1 g/mol. The van der Waals surface area contributed by atoms with Gasteiger partial charge in [0.25, 0.3) is 0 Å². The maximum atomic E-state index is 2.00. The third-order valence-electron chi connectivity index (χ3n) is 0. The Morgan fingerprint density at radius 3 is 0.600 bits per heavy atom. The molecule has 0 N–H and O–H groups in total. The van der Waals surface area contributed by atoms with Crippen molar-refractivity contribution in [3.05, 3.63) is 0 Å². The molecule has 0 aromatic heterocycles. The summed E-state index contributed by atoms with van der Waals surface area (Å²) in [5, 5.41) is 0. The molecule has 5 heavy (non-hydrogen) atoms. The van der Waals surface area contributed by atoms with Gasteiger partial charge in [-0.15, -0.1) is 0 Å². The van der Waals surface area contributed by atoms with E-state index in [2.05, 4.69) is 0 Å². The Labute approximate surface area is 33.6 Å². The molecule has 0 nitrogen and oxygen atoms in total. The molecule has 0 aliphatic carbocycles. The predicted molar refractivity (Wildman–Crippen MR) is 22.7 cm³/mol. The summed E-state index contributed by atoms with van der Waals surface area (Å²) in [5.41, 5.74) is 0. The van der Waals surface area contributed by atoms with Crippen LogP contribution in [0.1, 0.15) is 27.7 Å². The fourth-order valence-corrected chi connectivity index (χ4v) is 0. The van der Waals surface area contributed by atoms with Gasteiger partial charge in [-0.05, 0) is 0 Å². The van der Waals surface area contributed by atoms with Crippen LogP contribution in [0.5, 0.6) is 0 Å². The number of hydrogen-bond acceptors (Lipinski definition) is 0. The molecular weight excluding hydrogens is 66.0 g/mol. The molecule has 0 unspecified atom stereocenters. The van der Waals surface area contributed by atoms with Gasteiger partial charge in [-0.1, -0.05) is 27.7 Å². The van der Waals surface area contributed by atoms with Gasteiger partial charge in [0.15, 0.2) is 0 Å². The summed E-state index contributed by atoms with van der Waals surface area (Å²) in [7, 11) is 0. The Bertz CT molecular complexity index is 3.61. The zero-order valence-electron chi connectivity index (χ0n) is 4.38. The van der Waals surface area contributed by atoms with Gasteiger partial charge in [-0.25, -0.2) is 0 Å². The number of halogens is 1. The van der Waals surface area contributed by atoms with E-state index >= 15 is 0 Å². The Hall–Kier alpha value is -0.0700. The summed E-state index contributed by atoms with van der Waals surface area (Å²) >= 11 is 0. The summed E-state index contributed by atoms with van der Waals surface area (Å²) in [6.45, 7) is 8.00. The lowest BCUT2D eigenvalue weighted by Gasteiger charge is -1.07. The average Bonchev–Trinajstić information content (AvgIpc) is 1.50. The van der Waals surface area contributed by atoms with Gasteiger partial charge in [-0.2, -0.15) is 0 Å². The molecule has 0 spiro atoms. The molecule has 0 aromatic carbocycles. The van der Waals surface area contributed by atoms with Gasteiger partial charge in [0.05, 0.1) is 0 Å². The number of rotatable bonds is 0. The Kier molecular flexibility index (Phi) is 28200. The lowest BCUT2D eigenvalue weighted by Crippen LogP contribution is -3.00. The zero-order chi connectivity index (χ0) is 4.00. The van der Waals surface area contributed by atoms with Gasteiger partial charge < -0.3 is 4.70 Å². The van der Waals surface area contributed by atoms with Crippen LogP contribution in [0.3, 0.4) is 0 Å². The molecule has 0 amide bonds. The first-order chi connectivity index (χ1) is 2.00. The van der Waals surface area contributed by atoms with Crippen molar-refractivity contribution in [2.45, 2.75) is 27.7 Å². The van der Waals surface area contributed by atoms with Crippen LogP contribution in [0, 0.1) is 0 Å². The Balaban J connectivity index is -0.0000000133. The second kappa shape index (κ2) is 6890. The molecule has 0 atom stereocenters. The van der Waals surface area contributed by atoms with E-state index in [1.54, 1.807) is 0 Å². The van der Waals surface area contributed by atoms with E-state index < -0.39 is 0 Å². The van der Waals surface area contributed by atoms with Crippen LogP contribution >= 0.6 is 0 Å². The van der Waals surface area contributed by atoms with Gasteiger partial charge >= 0.3 is 0 Å². The van der Waals surface area contributed by atoms with Crippen LogP contribution in [0.2, 0.25) is 0 Å². The van der Waals surface area contributed by atoms with Gasteiger partial charge in [-0.3, -0.25) is 0 Å². The first-order valence-corrected chi connectivity index (χ1v) is 2.00. The highest BCUT2D eigenvalue weighted by atomic mass is 18.0. The van der Waals surface area contributed by atoms with E-state index in [0.717, 1.165) is 0 Å². The molecule has 0 aliphatic heterocycles. The first kappa shape index (κ1) is 20.4. The quantitative estimate of drug-likeness (QED) is 0.350. The Morgan fingerprint density at radius 1 is 0.600 bits per heavy atom. The summed E-state index contributed by atoms with van der Waals surface area (Å²) in [6.07, 6.45) is 0. The molecule has 0 saturated heterocycles. The molecule has 0 heterocycles. The van der Waals surface area contributed by atoms with E-state index in [9.17, 15) is 0 Å². The van der Waals surface area contributed by atoms with Crippen molar-refractivity contribution >= 4 is 0 Å².